The van der Waals surface area contributed by atoms with Gasteiger partial charge in [-0.3, -0.25) is 4.79 Å². The Balaban J connectivity index is 1.91. The van der Waals surface area contributed by atoms with Crippen LogP contribution in [-0.2, 0) is 0 Å². The van der Waals surface area contributed by atoms with Gasteiger partial charge in [0.25, 0.3) is 5.91 Å². The van der Waals surface area contributed by atoms with Gasteiger partial charge in [0, 0.05) is 11.3 Å². The molecule has 1 amide bonds. The van der Waals surface area contributed by atoms with Crippen LogP contribution in [0.3, 0.4) is 0 Å². The Bertz CT molecular complexity index is 942. The molecular formula is C16H13F2N5O2. The number of hydrogen-bond donors (Lipinski definition) is 1. The number of aromatic nitrogens is 4. The number of carbonyl (C=O) groups excluding carboxylic acids is 1. The molecule has 1 N–H and O–H groups in total. The van der Waals surface area contributed by atoms with Crippen molar-refractivity contribution in [3.05, 3.63) is 59.4 Å². The van der Waals surface area contributed by atoms with E-state index in [2.05, 4.69) is 20.8 Å². The van der Waals surface area contributed by atoms with E-state index < -0.39 is 17.5 Å². The minimum Gasteiger partial charge on any atom is -0.494 e. The fourth-order valence-corrected chi connectivity index (χ4v) is 2.23. The van der Waals surface area contributed by atoms with E-state index >= 15 is 0 Å². The molecule has 3 aromatic rings. The summed E-state index contributed by atoms with van der Waals surface area (Å²) in [7, 11) is 1.50. The number of ether oxygens (including phenoxy) is 1. The number of aryl methyl sites for hydroxylation is 1. The van der Waals surface area contributed by atoms with Crippen LogP contribution in [0.1, 0.15) is 16.2 Å². The van der Waals surface area contributed by atoms with Crippen LogP contribution in [0.25, 0.3) is 5.69 Å². The first kappa shape index (κ1) is 16.5. The first-order valence-corrected chi connectivity index (χ1v) is 7.19. The summed E-state index contributed by atoms with van der Waals surface area (Å²) < 4.78 is 33.0. The minimum atomic E-state index is -1.09. The fraction of sp³-hybridized carbons (Fsp3) is 0.125. The van der Waals surface area contributed by atoms with Crippen LogP contribution >= 0.6 is 0 Å². The predicted octanol–water partition coefficient (Wildman–Crippen LogP) is 2.51. The number of nitrogens with one attached hydrogen (secondary N) is 1. The molecule has 1 aromatic heterocycles. The molecule has 0 unspecified atom stereocenters. The molecule has 9 heteroatoms. The number of anilines is 1. The number of methoxy groups -OCH3 is 1. The molecule has 0 fully saturated rings. The molecule has 1 heterocycles. The van der Waals surface area contributed by atoms with Gasteiger partial charge >= 0.3 is 0 Å². The van der Waals surface area contributed by atoms with Gasteiger partial charge in [0.2, 0.25) is 0 Å². The summed E-state index contributed by atoms with van der Waals surface area (Å²) in [6.45, 7) is 1.71. The van der Waals surface area contributed by atoms with Gasteiger partial charge < -0.3 is 10.1 Å². The van der Waals surface area contributed by atoms with E-state index in [4.69, 9.17) is 4.74 Å². The van der Waals surface area contributed by atoms with Gasteiger partial charge in [-0.15, -0.1) is 5.10 Å². The Kier molecular flexibility index (Phi) is 4.38. The molecule has 0 radical (unpaired) electrons. The normalized spacial score (nSPS) is 10.6. The number of nitrogens with zero attached hydrogens (tertiary/aromatic N) is 4. The monoisotopic (exact) mass is 345 g/mol. The summed E-state index contributed by atoms with van der Waals surface area (Å²) in [5, 5.41) is 13.9. The molecule has 0 bridgehead atoms. The van der Waals surface area contributed by atoms with Gasteiger partial charge in [0.15, 0.2) is 17.5 Å². The Hall–Kier alpha value is -3.36. The molecule has 0 saturated heterocycles. The lowest BCUT2D eigenvalue weighted by atomic mass is 10.2. The summed E-state index contributed by atoms with van der Waals surface area (Å²) in [4.78, 5) is 12.2. The number of tetrazole rings is 1. The highest BCUT2D eigenvalue weighted by Gasteiger charge is 2.14. The second-order valence-electron chi connectivity index (χ2n) is 5.11. The van der Waals surface area contributed by atoms with Crippen LogP contribution in [0.15, 0.2) is 36.4 Å². The maximum Gasteiger partial charge on any atom is 0.255 e. The zero-order valence-corrected chi connectivity index (χ0v) is 13.3. The third kappa shape index (κ3) is 3.30. The van der Waals surface area contributed by atoms with Gasteiger partial charge in [-0.05, 0) is 53.7 Å². The zero-order valence-electron chi connectivity index (χ0n) is 13.3. The van der Waals surface area contributed by atoms with Crippen LogP contribution in [0.5, 0.6) is 5.75 Å². The molecule has 3 rings (SSSR count). The quantitative estimate of drug-likeness (QED) is 0.786. The van der Waals surface area contributed by atoms with Crippen molar-refractivity contribution in [1.29, 1.82) is 0 Å². The van der Waals surface area contributed by atoms with Crippen LogP contribution in [0.4, 0.5) is 14.5 Å². The highest BCUT2D eigenvalue weighted by molar-refractivity contribution is 6.04. The topological polar surface area (TPSA) is 81.9 Å². The van der Waals surface area contributed by atoms with Gasteiger partial charge in [0.05, 0.1) is 7.11 Å². The third-order valence-electron chi connectivity index (χ3n) is 3.47. The zero-order chi connectivity index (χ0) is 18.0. The molecule has 0 saturated carbocycles. The van der Waals surface area contributed by atoms with Crippen molar-refractivity contribution in [2.24, 2.45) is 0 Å². The van der Waals surface area contributed by atoms with Crippen LogP contribution < -0.4 is 10.1 Å². The maximum absolute atomic E-state index is 13.3. The summed E-state index contributed by atoms with van der Waals surface area (Å²) in [6.07, 6.45) is 0. The molecule has 2 aromatic carbocycles. The Morgan fingerprint density at radius 1 is 1.16 bits per heavy atom. The van der Waals surface area contributed by atoms with Crippen molar-refractivity contribution in [3.63, 3.8) is 0 Å². The lowest BCUT2D eigenvalue weighted by Crippen LogP contribution is -2.13. The highest BCUT2D eigenvalue weighted by atomic mass is 19.2. The molecule has 7 nitrogen and oxygen atoms in total. The molecule has 0 aliphatic carbocycles. The highest BCUT2D eigenvalue weighted by Crippen LogP contribution is 2.26. The Labute approximate surface area is 141 Å². The standard InChI is InChI=1S/C16H13F2N5O2/c1-9-20-21-22-23(9)14-8-11(4-6-15(14)25-2)19-16(24)10-3-5-12(17)13(18)7-10/h3-8H,1-2H3,(H,19,24). The van der Waals surface area contributed by atoms with Crippen molar-refractivity contribution in [1.82, 2.24) is 20.2 Å². The molecule has 0 atom stereocenters. The van der Waals surface area contributed by atoms with E-state index in [0.29, 0.717) is 22.9 Å². The summed E-state index contributed by atoms with van der Waals surface area (Å²) in [5.41, 5.74) is 0.934. The molecule has 0 aliphatic rings. The van der Waals surface area contributed by atoms with E-state index in [9.17, 15) is 13.6 Å². The third-order valence-corrected chi connectivity index (χ3v) is 3.47. The average molecular weight is 345 g/mol. The molecule has 0 spiro atoms. The SMILES string of the molecule is COc1ccc(NC(=O)c2ccc(F)c(F)c2)cc1-n1nnnc1C. The second-order valence-corrected chi connectivity index (χ2v) is 5.11. The first-order valence-electron chi connectivity index (χ1n) is 7.19. The second kappa shape index (κ2) is 6.63. The van der Waals surface area contributed by atoms with E-state index in [1.807, 2.05) is 0 Å². The van der Waals surface area contributed by atoms with Crippen molar-refractivity contribution in [2.75, 3.05) is 12.4 Å². The molecular weight excluding hydrogens is 332 g/mol. The van der Waals surface area contributed by atoms with Gasteiger partial charge in [-0.25, -0.2) is 8.78 Å². The lowest BCUT2D eigenvalue weighted by Gasteiger charge is -2.12. The number of benzene rings is 2. The van der Waals surface area contributed by atoms with Gasteiger partial charge in [0.1, 0.15) is 11.4 Å². The van der Waals surface area contributed by atoms with Crippen LogP contribution in [-0.4, -0.2) is 33.2 Å². The molecule has 25 heavy (non-hydrogen) atoms. The number of halogens is 2. The smallest absolute Gasteiger partial charge is 0.255 e. The molecule has 128 valence electrons. The Morgan fingerprint density at radius 2 is 1.96 bits per heavy atom. The van der Waals surface area contributed by atoms with Crippen LogP contribution in [0, 0.1) is 18.6 Å². The van der Waals surface area contributed by atoms with E-state index in [0.717, 1.165) is 12.1 Å². The van der Waals surface area contributed by atoms with E-state index in [1.165, 1.54) is 17.9 Å². The lowest BCUT2D eigenvalue weighted by molar-refractivity contribution is 0.102. The predicted molar refractivity (Wildman–Crippen MR) is 84.8 cm³/mol. The van der Waals surface area contributed by atoms with Crippen molar-refractivity contribution >= 4 is 11.6 Å². The van der Waals surface area contributed by atoms with Crippen molar-refractivity contribution < 1.29 is 18.3 Å². The van der Waals surface area contributed by atoms with Gasteiger partial charge in [-0.1, -0.05) is 0 Å². The summed E-state index contributed by atoms with van der Waals surface area (Å²) in [6, 6.07) is 7.79. The number of rotatable bonds is 4. The fourth-order valence-electron chi connectivity index (χ4n) is 2.23. The Morgan fingerprint density at radius 3 is 2.60 bits per heavy atom. The van der Waals surface area contributed by atoms with Crippen molar-refractivity contribution in [2.45, 2.75) is 6.92 Å². The van der Waals surface area contributed by atoms with Crippen LogP contribution in [0.2, 0.25) is 0 Å². The largest absolute Gasteiger partial charge is 0.494 e. The summed E-state index contributed by atoms with van der Waals surface area (Å²) >= 11 is 0. The van der Waals surface area contributed by atoms with E-state index in [-0.39, 0.29) is 5.56 Å². The number of carbonyl (C=O) groups is 1. The summed E-state index contributed by atoms with van der Waals surface area (Å²) in [5.74, 6) is -1.66. The molecule has 0 aliphatic heterocycles. The maximum atomic E-state index is 13.3. The number of amides is 1. The minimum absolute atomic E-state index is 0.00475. The number of hydrogen-bond acceptors (Lipinski definition) is 5. The first-order chi connectivity index (χ1) is 12.0. The van der Waals surface area contributed by atoms with E-state index in [1.54, 1.807) is 25.1 Å². The van der Waals surface area contributed by atoms with Crippen molar-refractivity contribution in [3.8, 4) is 11.4 Å². The van der Waals surface area contributed by atoms with Gasteiger partial charge in [-0.2, -0.15) is 4.68 Å². The average Bonchev–Trinajstić information content (AvgIpc) is 3.03.